The highest BCUT2D eigenvalue weighted by molar-refractivity contribution is 5.21. The summed E-state index contributed by atoms with van der Waals surface area (Å²) in [4.78, 5) is 0. The summed E-state index contributed by atoms with van der Waals surface area (Å²) in [7, 11) is 0. The Morgan fingerprint density at radius 1 is 1.47 bits per heavy atom. The van der Waals surface area contributed by atoms with Gasteiger partial charge in [0.1, 0.15) is 5.82 Å². The highest BCUT2D eigenvalue weighted by Gasteiger charge is 2.22. The van der Waals surface area contributed by atoms with Gasteiger partial charge in [0, 0.05) is 13.2 Å². The molecule has 1 heterocycles. The van der Waals surface area contributed by atoms with E-state index in [0.717, 1.165) is 50.9 Å². The lowest BCUT2D eigenvalue weighted by atomic mass is 9.92. The largest absolute Gasteiger partial charge is 0.378 e. The van der Waals surface area contributed by atoms with E-state index in [-0.39, 0.29) is 5.82 Å². The van der Waals surface area contributed by atoms with Gasteiger partial charge in [-0.2, -0.15) is 0 Å². The van der Waals surface area contributed by atoms with Crippen molar-refractivity contribution in [1.82, 2.24) is 5.32 Å². The van der Waals surface area contributed by atoms with Gasteiger partial charge in [-0.3, -0.25) is 0 Å². The van der Waals surface area contributed by atoms with Gasteiger partial charge < -0.3 is 10.1 Å². The van der Waals surface area contributed by atoms with Gasteiger partial charge in [-0.1, -0.05) is 19.1 Å². The van der Waals surface area contributed by atoms with Crippen LogP contribution in [0.3, 0.4) is 0 Å². The quantitative estimate of drug-likeness (QED) is 0.762. The van der Waals surface area contributed by atoms with Crippen molar-refractivity contribution in [2.45, 2.75) is 44.6 Å². The average molecular weight is 265 g/mol. The van der Waals surface area contributed by atoms with E-state index in [0.29, 0.717) is 12.0 Å². The van der Waals surface area contributed by atoms with Crippen molar-refractivity contribution in [2.75, 3.05) is 19.7 Å². The number of hydrogen-bond donors (Lipinski definition) is 1. The van der Waals surface area contributed by atoms with Crippen LogP contribution in [0.1, 0.15) is 44.1 Å². The van der Waals surface area contributed by atoms with Crippen molar-refractivity contribution in [3.05, 3.63) is 35.6 Å². The van der Waals surface area contributed by atoms with E-state index in [1.807, 2.05) is 6.07 Å². The Hall–Kier alpha value is -0.930. The summed E-state index contributed by atoms with van der Waals surface area (Å²) in [6, 6.07) is 6.99. The van der Waals surface area contributed by atoms with Crippen LogP contribution in [0.2, 0.25) is 0 Å². The molecule has 2 unspecified atom stereocenters. The summed E-state index contributed by atoms with van der Waals surface area (Å²) in [5, 5.41) is 3.45. The maximum atomic E-state index is 13.4. The molecule has 3 heteroatoms. The third-order valence-corrected chi connectivity index (χ3v) is 3.71. The van der Waals surface area contributed by atoms with Crippen LogP contribution >= 0.6 is 0 Å². The zero-order valence-electron chi connectivity index (χ0n) is 11.7. The Labute approximate surface area is 115 Å². The Balaban J connectivity index is 1.99. The van der Waals surface area contributed by atoms with Crippen molar-refractivity contribution in [1.29, 1.82) is 0 Å². The average Bonchev–Trinajstić information content (AvgIpc) is 2.91. The Morgan fingerprint density at radius 2 is 2.37 bits per heavy atom. The molecule has 1 saturated heterocycles. The van der Waals surface area contributed by atoms with Gasteiger partial charge in [-0.25, -0.2) is 4.39 Å². The van der Waals surface area contributed by atoms with E-state index >= 15 is 0 Å². The summed E-state index contributed by atoms with van der Waals surface area (Å²) >= 11 is 0. The molecule has 0 amide bonds. The normalized spacial score (nSPS) is 20.6. The van der Waals surface area contributed by atoms with Crippen LogP contribution in [-0.4, -0.2) is 25.8 Å². The zero-order chi connectivity index (χ0) is 13.5. The molecule has 2 nitrogen and oxygen atoms in total. The lowest BCUT2D eigenvalue weighted by Gasteiger charge is -2.21. The molecule has 1 aliphatic heterocycles. The maximum Gasteiger partial charge on any atom is 0.123 e. The molecular weight excluding hydrogens is 241 g/mol. The lowest BCUT2D eigenvalue weighted by Crippen LogP contribution is -2.25. The third-order valence-electron chi connectivity index (χ3n) is 3.71. The minimum Gasteiger partial charge on any atom is -0.378 e. The second-order valence-electron chi connectivity index (χ2n) is 5.33. The highest BCUT2D eigenvalue weighted by atomic mass is 19.1. The first-order valence-electron chi connectivity index (χ1n) is 7.37. The third kappa shape index (κ3) is 4.59. The minimum absolute atomic E-state index is 0.148. The molecule has 2 rings (SSSR count). The van der Waals surface area contributed by atoms with Gasteiger partial charge in [0.15, 0.2) is 0 Å². The molecule has 1 aromatic carbocycles. The summed E-state index contributed by atoms with van der Waals surface area (Å²) < 4.78 is 19.1. The van der Waals surface area contributed by atoms with Crippen LogP contribution in [0.4, 0.5) is 4.39 Å². The molecule has 2 atom stereocenters. The molecule has 1 N–H and O–H groups in total. The Morgan fingerprint density at radius 3 is 3.05 bits per heavy atom. The molecule has 0 radical (unpaired) electrons. The predicted octanol–water partition coefficient (Wildman–Crippen LogP) is 3.48. The van der Waals surface area contributed by atoms with Gasteiger partial charge in [0.05, 0.1) is 6.10 Å². The standard InChI is InChI=1S/C16H24FNO/c1-2-8-18-12-14(11-16-7-4-9-19-16)13-5-3-6-15(17)10-13/h3,5-6,10,14,16,18H,2,4,7-9,11-12H2,1H3. The first kappa shape index (κ1) is 14.5. The number of rotatable bonds is 7. The molecule has 19 heavy (non-hydrogen) atoms. The summed E-state index contributed by atoms with van der Waals surface area (Å²) in [6.07, 6.45) is 4.75. The van der Waals surface area contributed by atoms with Crippen molar-refractivity contribution in [2.24, 2.45) is 0 Å². The fourth-order valence-corrected chi connectivity index (χ4v) is 2.70. The SMILES string of the molecule is CCCNCC(CC1CCCO1)c1cccc(F)c1. The van der Waals surface area contributed by atoms with Crippen LogP contribution in [0.5, 0.6) is 0 Å². The molecular formula is C16H24FNO. The van der Waals surface area contributed by atoms with Gasteiger partial charge in [0.25, 0.3) is 0 Å². The van der Waals surface area contributed by atoms with Crippen molar-refractivity contribution in [3.63, 3.8) is 0 Å². The van der Waals surface area contributed by atoms with Crippen molar-refractivity contribution >= 4 is 0 Å². The smallest absolute Gasteiger partial charge is 0.123 e. The van der Waals surface area contributed by atoms with Crippen molar-refractivity contribution in [3.8, 4) is 0 Å². The van der Waals surface area contributed by atoms with Gasteiger partial charge >= 0.3 is 0 Å². The monoisotopic (exact) mass is 265 g/mol. The molecule has 1 aliphatic rings. The topological polar surface area (TPSA) is 21.3 Å². The number of ether oxygens (including phenoxy) is 1. The van der Waals surface area contributed by atoms with Crippen LogP contribution < -0.4 is 5.32 Å². The second-order valence-corrected chi connectivity index (χ2v) is 5.33. The van der Waals surface area contributed by atoms with Crippen LogP contribution in [0.15, 0.2) is 24.3 Å². The minimum atomic E-state index is -0.148. The Kier molecular flexibility index (Phi) is 5.80. The zero-order valence-corrected chi connectivity index (χ0v) is 11.7. The molecule has 0 spiro atoms. The molecule has 106 valence electrons. The number of halogens is 1. The van der Waals surface area contributed by atoms with Gasteiger partial charge in [0.2, 0.25) is 0 Å². The summed E-state index contributed by atoms with van der Waals surface area (Å²) in [5.74, 6) is 0.190. The fraction of sp³-hybridized carbons (Fsp3) is 0.625. The molecule has 1 aromatic rings. The number of benzene rings is 1. The Bertz CT molecular complexity index is 377. The predicted molar refractivity (Wildman–Crippen MR) is 75.9 cm³/mol. The molecule has 1 fully saturated rings. The van der Waals surface area contributed by atoms with E-state index in [9.17, 15) is 4.39 Å². The molecule has 0 saturated carbocycles. The van der Waals surface area contributed by atoms with Gasteiger partial charge in [-0.15, -0.1) is 0 Å². The number of nitrogens with one attached hydrogen (secondary N) is 1. The molecule has 0 bridgehead atoms. The number of hydrogen-bond acceptors (Lipinski definition) is 2. The fourth-order valence-electron chi connectivity index (χ4n) is 2.70. The van der Waals surface area contributed by atoms with E-state index < -0.39 is 0 Å². The summed E-state index contributed by atoms with van der Waals surface area (Å²) in [5.41, 5.74) is 1.08. The second kappa shape index (κ2) is 7.61. The summed E-state index contributed by atoms with van der Waals surface area (Å²) in [6.45, 7) is 4.95. The molecule has 0 aliphatic carbocycles. The maximum absolute atomic E-state index is 13.4. The van der Waals surface area contributed by atoms with E-state index in [1.165, 1.54) is 6.07 Å². The lowest BCUT2D eigenvalue weighted by molar-refractivity contribution is 0.0976. The van der Waals surface area contributed by atoms with Crippen molar-refractivity contribution < 1.29 is 9.13 Å². The van der Waals surface area contributed by atoms with Crippen LogP contribution in [-0.2, 0) is 4.74 Å². The van der Waals surface area contributed by atoms with Crippen LogP contribution in [0, 0.1) is 5.82 Å². The molecule has 0 aromatic heterocycles. The van der Waals surface area contributed by atoms with E-state index in [4.69, 9.17) is 4.74 Å². The highest BCUT2D eigenvalue weighted by Crippen LogP contribution is 2.27. The first-order chi connectivity index (χ1) is 9.29. The van der Waals surface area contributed by atoms with E-state index in [2.05, 4.69) is 12.2 Å². The van der Waals surface area contributed by atoms with E-state index in [1.54, 1.807) is 12.1 Å². The van der Waals surface area contributed by atoms with Crippen LogP contribution in [0.25, 0.3) is 0 Å². The first-order valence-corrected chi connectivity index (χ1v) is 7.37. The van der Waals surface area contributed by atoms with Gasteiger partial charge in [-0.05, 0) is 55.8 Å².